The van der Waals surface area contributed by atoms with Gasteiger partial charge < -0.3 is 10.2 Å². The van der Waals surface area contributed by atoms with Crippen LogP contribution >= 0.6 is 0 Å². The molecule has 136 valence electrons. The Labute approximate surface area is 151 Å². The van der Waals surface area contributed by atoms with Crippen LogP contribution in [0.15, 0.2) is 36.5 Å². The van der Waals surface area contributed by atoms with E-state index in [1.54, 1.807) is 35.4 Å². The summed E-state index contributed by atoms with van der Waals surface area (Å²) in [6.07, 6.45) is 3.28. The molecule has 0 aliphatic carbocycles. The fourth-order valence-corrected chi connectivity index (χ4v) is 3.13. The van der Waals surface area contributed by atoms with Crippen molar-refractivity contribution < 1.29 is 14.0 Å². The van der Waals surface area contributed by atoms with Crippen LogP contribution in [0.4, 0.5) is 4.39 Å². The molecule has 2 amide bonds. The number of benzene rings is 1. The molecule has 7 heteroatoms. The third kappa shape index (κ3) is 4.22. The zero-order chi connectivity index (χ0) is 18.5. The van der Waals surface area contributed by atoms with E-state index >= 15 is 0 Å². The minimum Gasteiger partial charge on any atom is -0.351 e. The van der Waals surface area contributed by atoms with Gasteiger partial charge in [0.2, 0.25) is 11.8 Å². The summed E-state index contributed by atoms with van der Waals surface area (Å²) in [7, 11) is 0. The van der Waals surface area contributed by atoms with Gasteiger partial charge in [-0.05, 0) is 30.5 Å². The van der Waals surface area contributed by atoms with Crippen molar-refractivity contribution in [2.24, 2.45) is 0 Å². The maximum absolute atomic E-state index is 13.8. The number of likely N-dealkylation sites (tertiary alicyclic amines) is 1. The number of nitrogens with one attached hydrogen (secondary N) is 1. The van der Waals surface area contributed by atoms with Crippen molar-refractivity contribution in [2.45, 2.75) is 38.8 Å². The second-order valence-corrected chi connectivity index (χ2v) is 6.33. The first-order valence-electron chi connectivity index (χ1n) is 8.63. The first kappa shape index (κ1) is 18.0. The van der Waals surface area contributed by atoms with Crippen LogP contribution in [0.2, 0.25) is 0 Å². The van der Waals surface area contributed by atoms with Crippen molar-refractivity contribution in [3.63, 3.8) is 0 Å². The lowest BCUT2D eigenvalue weighted by atomic mass is 10.1. The largest absolute Gasteiger partial charge is 0.351 e. The van der Waals surface area contributed by atoms with E-state index in [9.17, 15) is 14.0 Å². The fourth-order valence-electron chi connectivity index (χ4n) is 3.13. The van der Waals surface area contributed by atoms with Gasteiger partial charge in [-0.2, -0.15) is 0 Å². The summed E-state index contributed by atoms with van der Waals surface area (Å²) in [6.45, 7) is 2.38. The lowest BCUT2D eigenvalue weighted by Gasteiger charge is -2.24. The summed E-state index contributed by atoms with van der Waals surface area (Å²) in [5.74, 6) is -0.0708. The highest BCUT2D eigenvalue weighted by Crippen LogP contribution is 2.30. The van der Waals surface area contributed by atoms with Gasteiger partial charge in [0.15, 0.2) is 5.82 Å². The number of rotatable bonds is 5. The second kappa shape index (κ2) is 8.03. The summed E-state index contributed by atoms with van der Waals surface area (Å²) < 4.78 is 13.8. The molecule has 0 spiro atoms. The van der Waals surface area contributed by atoms with Gasteiger partial charge in [-0.3, -0.25) is 9.59 Å². The SMILES string of the molecule is CC(=O)NCc1ccnc(C2CCCN2C(=O)Cc2ccccc2F)n1. The van der Waals surface area contributed by atoms with Crippen LogP contribution in [-0.4, -0.2) is 33.2 Å². The third-order valence-electron chi connectivity index (χ3n) is 4.42. The minimum absolute atomic E-state index is 0.0226. The molecule has 2 heterocycles. The first-order chi connectivity index (χ1) is 12.5. The summed E-state index contributed by atoms with van der Waals surface area (Å²) >= 11 is 0. The van der Waals surface area contributed by atoms with Crippen molar-refractivity contribution in [3.05, 3.63) is 59.4 Å². The van der Waals surface area contributed by atoms with Gasteiger partial charge in [-0.15, -0.1) is 0 Å². The van der Waals surface area contributed by atoms with Crippen molar-refractivity contribution >= 4 is 11.8 Å². The maximum atomic E-state index is 13.8. The normalized spacial score (nSPS) is 16.5. The lowest BCUT2D eigenvalue weighted by molar-refractivity contribution is -0.131. The molecule has 6 nitrogen and oxygen atoms in total. The molecule has 1 N–H and O–H groups in total. The molecule has 0 saturated carbocycles. The van der Waals surface area contributed by atoms with Gasteiger partial charge in [-0.1, -0.05) is 18.2 Å². The average molecular weight is 356 g/mol. The highest BCUT2D eigenvalue weighted by atomic mass is 19.1. The monoisotopic (exact) mass is 356 g/mol. The van der Waals surface area contributed by atoms with E-state index in [1.165, 1.54) is 13.0 Å². The molecule has 1 aliphatic rings. The number of carbonyl (C=O) groups is 2. The van der Waals surface area contributed by atoms with Crippen molar-refractivity contribution in [1.29, 1.82) is 0 Å². The maximum Gasteiger partial charge on any atom is 0.227 e. The molecule has 2 aromatic rings. The number of halogens is 1. The molecule has 1 aromatic carbocycles. The smallest absolute Gasteiger partial charge is 0.227 e. The topological polar surface area (TPSA) is 75.2 Å². The summed E-state index contributed by atoms with van der Waals surface area (Å²) in [6, 6.07) is 7.84. The minimum atomic E-state index is -0.370. The number of aromatic nitrogens is 2. The Balaban J connectivity index is 1.73. The van der Waals surface area contributed by atoms with Gasteiger partial charge in [0.1, 0.15) is 5.82 Å². The molecule has 1 fully saturated rings. The molecule has 0 bridgehead atoms. The molecule has 0 radical (unpaired) electrons. The van der Waals surface area contributed by atoms with Crippen molar-refractivity contribution in [2.75, 3.05) is 6.54 Å². The van der Waals surface area contributed by atoms with Gasteiger partial charge in [0.05, 0.1) is 24.7 Å². The number of hydrogen-bond acceptors (Lipinski definition) is 4. The molecule has 3 rings (SSSR count). The summed E-state index contributed by atoms with van der Waals surface area (Å²) in [4.78, 5) is 34.3. The molecule has 1 aliphatic heterocycles. The van der Waals surface area contributed by atoms with Crippen LogP contribution in [0.5, 0.6) is 0 Å². The van der Waals surface area contributed by atoms with Crippen LogP contribution in [0, 0.1) is 5.82 Å². The zero-order valence-corrected chi connectivity index (χ0v) is 14.6. The van der Waals surface area contributed by atoms with Crippen molar-refractivity contribution in [3.8, 4) is 0 Å². The van der Waals surface area contributed by atoms with Crippen LogP contribution in [0.1, 0.15) is 42.9 Å². The molecular formula is C19H21FN4O2. The standard InChI is InChI=1S/C19H21FN4O2/c1-13(25)22-12-15-8-9-21-19(23-15)17-7-4-10-24(17)18(26)11-14-5-2-3-6-16(14)20/h2-3,5-6,8-9,17H,4,7,10-12H2,1H3,(H,22,25). The van der Waals surface area contributed by atoms with Gasteiger partial charge in [0.25, 0.3) is 0 Å². The Morgan fingerprint density at radius 3 is 2.88 bits per heavy atom. The Bertz CT molecular complexity index is 812. The Kier molecular flexibility index (Phi) is 5.55. The number of nitrogens with zero attached hydrogens (tertiary/aromatic N) is 3. The highest BCUT2D eigenvalue weighted by Gasteiger charge is 2.32. The Morgan fingerprint density at radius 2 is 2.12 bits per heavy atom. The molecule has 1 atom stereocenters. The zero-order valence-electron chi connectivity index (χ0n) is 14.6. The number of hydrogen-bond donors (Lipinski definition) is 1. The van der Waals surface area contributed by atoms with E-state index in [-0.39, 0.29) is 30.1 Å². The van der Waals surface area contributed by atoms with E-state index in [1.807, 2.05) is 0 Å². The van der Waals surface area contributed by atoms with Gasteiger partial charge in [0, 0.05) is 19.7 Å². The summed E-state index contributed by atoms with van der Waals surface area (Å²) in [5.41, 5.74) is 1.09. The molecule has 1 aromatic heterocycles. The summed E-state index contributed by atoms with van der Waals surface area (Å²) in [5, 5.41) is 2.70. The van der Waals surface area contributed by atoms with Gasteiger partial charge >= 0.3 is 0 Å². The first-order valence-corrected chi connectivity index (χ1v) is 8.63. The van der Waals surface area contributed by atoms with E-state index in [2.05, 4.69) is 15.3 Å². The molecule has 26 heavy (non-hydrogen) atoms. The fraction of sp³-hybridized carbons (Fsp3) is 0.368. The van der Waals surface area contributed by atoms with E-state index in [0.29, 0.717) is 30.2 Å². The van der Waals surface area contributed by atoms with E-state index in [4.69, 9.17) is 0 Å². The third-order valence-corrected chi connectivity index (χ3v) is 4.42. The highest BCUT2D eigenvalue weighted by molar-refractivity contribution is 5.79. The average Bonchev–Trinajstić information content (AvgIpc) is 3.12. The predicted molar refractivity (Wildman–Crippen MR) is 93.3 cm³/mol. The van der Waals surface area contributed by atoms with Gasteiger partial charge in [-0.25, -0.2) is 14.4 Å². The van der Waals surface area contributed by atoms with Crippen LogP contribution in [0.3, 0.4) is 0 Å². The quantitative estimate of drug-likeness (QED) is 0.891. The Hall–Kier alpha value is -2.83. The molecular weight excluding hydrogens is 335 g/mol. The molecule has 1 unspecified atom stereocenters. The van der Waals surface area contributed by atoms with Crippen LogP contribution in [0.25, 0.3) is 0 Å². The predicted octanol–water partition coefficient (Wildman–Crippen LogP) is 2.16. The van der Waals surface area contributed by atoms with E-state index < -0.39 is 0 Å². The second-order valence-electron chi connectivity index (χ2n) is 6.33. The van der Waals surface area contributed by atoms with Crippen LogP contribution < -0.4 is 5.32 Å². The van der Waals surface area contributed by atoms with Crippen LogP contribution in [-0.2, 0) is 22.6 Å². The van der Waals surface area contributed by atoms with Crippen molar-refractivity contribution in [1.82, 2.24) is 20.2 Å². The molecule has 1 saturated heterocycles. The number of amides is 2. The van der Waals surface area contributed by atoms with E-state index in [0.717, 1.165) is 12.8 Å². The lowest BCUT2D eigenvalue weighted by Crippen LogP contribution is -2.33. The Morgan fingerprint density at radius 1 is 1.31 bits per heavy atom. The number of carbonyl (C=O) groups excluding carboxylic acids is 2.